The van der Waals surface area contributed by atoms with Crippen LogP contribution in [0.4, 0.5) is 26.1 Å². The highest BCUT2D eigenvalue weighted by atomic mass is 19.1. The number of ether oxygens (including phenoxy) is 2. The SMILES string of the molecule is CC=C1C=C(Oc2cc(F)c(Nc3ncnc4cc5c(nc34)N(CCCCC)CC(C)CO5)cc2F)C=CN1/N=C\C. The first kappa shape index (κ1) is 29.0. The van der Waals surface area contributed by atoms with Crippen LogP contribution in [-0.4, -0.2) is 45.9 Å². The third-order valence-electron chi connectivity index (χ3n) is 6.92. The third kappa shape index (κ3) is 6.35. The van der Waals surface area contributed by atoms with Crippen molar-refractivity contribution in [3.8, 4) is 11.5 Å². The third-order valence-corrected chi connectivity index (χ3v) is 6.92. The van der Waals surface area contributed by atoms with Crippen LogP contribution in [0.1, 0.15) is 47.0 Å². The van der Waals surface area contributed by atoms with Crippen molar-refractivity contribution in [1.29, 1.82) is 0 Å². The van der Waals surface area contributed by atoms with Crippen molar-refractivity contribution >= 4 is 34.6 Å². The smallest absolute Gasteiger partial charge is 0.172 e. The Hall–Kier alpha value is -4.54. The Balaban J connectivity index is 1.42. The predicted molar refractivity (Wildman–Crippen MR) is 161 cm³/mol. The number of pyridine rings is 1. The van der Waals surface area contributed by atoms with E-state index in [0.717, 1.165) is 50.2 Å². The number of halogens is 2. The molecule has 0 amide bonds. The highest BCUT2D eigenvalue weighted by Gasteiger charge is 2.24. The summed E-state index contributed by atoms with van der Waals surface area (Å²) < 4.78 is 42.2. The number of aromatic nitrogens is 3. The summed E-state index contributed by atoms with van der Waals surface area (Å²) in [4.78, 5) is 15.8. The number of unbranched alkanes of at least 4 members (excludes halogenated alkanes) is 2. The van der Waals surface area contributed by atoms with Gasteiger partial charge in [0.1, 0.15) is 17.6 Å². The average molecular weight is 576 g/mol. The fourth-order valence-electron chi connectivity index (χ4n) is 4.84. The maximum atomic E-state index is 15.3. The summed E-state index contributed by atoms with van der Waals surface area (Å²) in [6.45, 7) is 10.2. The van der Waals surface area contributed by atoms with Crippen LogP contribution in [-0.2, 0) is 0 Å². The molecule has 1 atom stereocenters. The van der Waals surface area contributed by atoms with Crippen LogP contribution in [0.5, 0.6) is 11.5 Å². The Bertz CT molecular complexity index is 1570. The van der Waals surface area contributed by atoms with Crippen LogP contribution >= 0.6 is 0 Å². The second-order valence-corrected chi connectivity index (χ2v) is 10.3. The molecule has 2 aliphatic rings. The lowest BCUT2D eigenvalue weighted by Gasteiger charge is -2.24. The lowest BCUT2D eigenvalue weighted by Crippen LogP contribution is -2.30. The van der Waals surface area contributed by atoms with Crippen molar-refractivity contribution < 1.29 is 18.3 Å². The fraction of sp³-hybridized carbons (Fsp3) is 0.355. The van der Waals surface area contributed by atoms with E-state index in [-0.39, 0.29) is 17.3 Å². The monoisotopic (exact) mass is 575 g/mol. The van der Waals surface area contributed by atoms with E-state index in [2.05, 4.69) is 39.1 Å². The van der Waals surface area contributed by atoms with Gasteiger partial charge in [0.25, 0.3) is 0 Å². The molecule has 0 bridgehead atoms. The highest BCUT2D eigenvalue weighted by molar-refractivity contribution is 5.90. The lowest BCUT2D eigenvalue weighted by atomic mass is 10.1. The number of nitrogens with one attached hydrogen (secondary N) is 1. The maximum absolute atomic E-state index is 15.3. The molecule has 0 aliphatic carbocycles. The summed E-state index contributed by atoms with van der Waals surface area (Å²) in [5.74, 6) is 0.575. The van der Waals surface area contributed by atoms with Crippen molar-refractivity contribution in [2.45, 2.75) is 47.0 Å². The van der Waals surface area contributed by atoms with Gasteiger partial charge in [-0.3, -0.25) is 0 Å². The second-order valence-electron chi connectivity index (χ2n) is 10.3. The van der Waals surface area contributed by atoms with E-state index >= 15 is 8.78 Å². The van der Waals surface area contributed by atoms with E-state index in [1.54, 1.807) is 36.5 Å². The number of anilines is 3. The summed E-state index contributed by atoms with van der Waals surface area (Å²) in [6, 6.07) is 3.88. The van der Waals surface area contributed by atoms with Crippen molar-refractivity contribution in [1.82, 2.24) is 20.0 Å². The molecule has 1 unspecified atom stereocenters. The van der Waals surface area contributed by atoms with E-state index in [9.17, 15) is 0 Å². The molecule has 5 rings (SSSR count). The van der Waals surface area contributed by atoms with Gasteiger partial charge in [-0.05, 0) is 26.3 Å². The van der Waals surface area contributed by atoms with Gasteiger partial charge in [-0.2, -0.15) is 5.10 Å². The average Bonchev–Trinajstić information content (AvgIpc) is 3.13. The maximum Gasteiger partial charge on any atom is 0.172 e. The van der Waals surface area contributed by atoms with Gasteiger partial charge in [-0.25, -0.2) is 28.7 Å². The zero-order chi connectivity index (χ0) is 29.6. The number of hydrogen-bond donors (Lipinski definition) is 1. The molecule has 2 aliphatic heterocycles. The van der Waals surface area contributed by atoms with Crippen LogP contribution in [0.25, 0.3) is 11.0 Å². The van der Waals surface area contributed by atoms with Crippen molar-refractivity contribution in [3.63, 3.8) is 0 Å². The molecule has 11 heteroatoms. The molecule has 220 valence electrons. The topological polar surface area (TPSA) is 88.0 Å². The predicted octanol–water partition coefficient (Wildman–Crippen LogP) is 7.07. The van der Waals surface area contributed by atoms with E-state index in [0.29, 0.717) is 40.9 Å². The number of nitrogens with zero attached hydrogens (tertiary/aromatic N) is 6. The van der Waals surface area contributed by atoms with Gasteiger partial charge in [0.2, 0.25) is 0 Å². The molecular weight excluding hydrogens is 540 g/mol. The van der Waals surface area contributed by atoms with Crippen LogP contribution < -0.4 is 19.7 Å². The summed E-state index contributed by atoms with van der Waals surface area (Å²) in [6.07, 6.45) is 13.1. The standard InChI is InChI=1S/C31H35F2N7O2/c1-5-8-9-11-39-17-20(4)18-41-28-16-26-29(38-31(28)39)30(35-19-34-26)37-25-14-24(33)27(15-23(25)32)42-22-10-12-40(36-7-3)21(6-2)13-22/h6-7,10,12-16,19-20H,5,8-9,11,17-18H2,1-4H3,(H,34,35,37)/b21-6?,36-7-. The van der Waals surface area contributed by atoms with Crippen molar-refractivity contribution in [2.24, 2.45) is 11.0 Å². The van der Waals surface area contributed by atoms with Crippen LogP contribution in [0.3, 0.4) is 0 Å². The Morgan fingerprint density at radius 2 is 2.02 bits per heavy atom. The van der Waals surface area contributed by atoms with Crippen LogP contribution in [0, 0.1) is 17.6 Å². The van der Waals surface area contributed by atoms with Gasteiger partial charge in [0, 0.05) is 55.7 Å². The molecular formula is C31H35F2N7O2. The molecule has 0 saturated heterocycles. The van der Waals surface area contributed by atoms with Gasteiger partial charge in [-0.15, -0.1) is 0 Å². The van der Waals surface area contributed by atoms with Gasteiger partial charge in [0.15, 0.2) is 34.8 Å². The van der Waals surface area contributed by atoms with Crippen LogP contribution in [0.15, 0.2) is 65.5 Å². The van der Waals surface area contributed by atoms with Gasteiger partial charge in [-0.1, -0.05) is 32.8 Å². The van der Waals surface area contributed by atoms with Crippen molar-refractivity contribution in [3.05, 3.63) is 72.0 Å². The van der Waals surface area contributed by atoms with E-state index in [1.807, 2.05) is 19.1 Å². The molecule has 4 heterocycles. The molecule has 9 nitrogen and oxygen atoms in total. The zero-order valence-corrected chi connectivity index (χ0v) is 24.3. The van der Waals surface area contributed by atoms with E-state index in [1.165, 1.54) is 6.33 Å². The number of benzene rings is 1. The Morgan fingerprint density at radius 1 is 1.17 bits per heavy atom. The molecule has 42 heavy (non-hydrogen) atoms. The van der Waals surface area contributed by atoms with Crippen LogP contribution in [0.2, 0.25) is 0 Å². The summed E-state index contributed by atoms with van der Waals surface area (Å²) in [5.41, 5.74) is 1.60. The second kappa shape index (κ2) is 13.0. The van der Waals surface area contributed by atoms with Gasteiger partial charge >= 0.3 is 0 Å². The minimum atomic E-state index is -0.742. The first-order chi connectivity index (χ1) is 20.4. The Morgan fingerprint density at radius 3 is 2.81 bits per heavy atom. The number of rotatable bonds is 9. The summed E-state index contributed by atoms with van der Waals surface area (Å²) >= 11 is 0. The summed E-state index contributed by atoms with van der Waals surface area (Å²) in [5, 5.41) is 8.78. The zero-order valence-electron chi connectivity index (χ0n) is 24.3. The molecule has 3 aromatic rings. The normalized spacial score (nSPS) is 17.8. The lowest BCUT2D eigenvalue weighted by molar-refractivity contribution is 0.273. The minimum absolute atomic E-state index is 0.105. The van der Waals surface area contributed by atoms with E-state index in [4.69, 9.17) is 14.5 Å². The number of hydrogen-bond acceptors (Lipinski definition) is 9. The first-order valence-electron chi connectivity index (χ1n) is 14.2. The molecule has 0 radical (unpaired) electrons. The summed E-state index contributed by atoms with van der Waals surface area (Å²) in [7, 11) is 0. The quantitative estimate of drug-likeness (QED) is 0.214. The molecule has 0 fully saturated rings. The van der Waals surface area contributed by atoms with E-state index < -0.39 is 11.6 Å². The number of hydrazone groups is 1. The molecule has 1 N–H and O–H groups in total. The number of fused-ring (bicyclic) bond motifs is 2. The first-order valence-corrected chi connectivity index (χ1v) is 14.2. The largest absolute Gasteiger partial charge is 0.489 e. The molecule has 2 aromatic heterocycles. The Labute approximate surface area is 244 Å². The minimum Gasteiger partial charge on any atom is -0.489 e. The Kier molecular flexibility index (Phi) is 8.94. The molecule has 0 spiro atoms. The molecule has 0 saturated carbocycles. The van der Waals surface area contributed by atoms with Gasteiger partial charge < -0.3 is 19.7 Å². The van der Waals surface area contributed by atoms with Crippen molar-refractivity contribution in [2.75, 3.05) is 29.9 Å². The van der Waals surface area contributed by atoms with Gasteiger partial charge in [0.05, 0.1) is 23.5 Å². The fourth-order valence-corrected chi connectivity index (χ4v) is 4.84. The number of allylic oxidation sites excluding steroid dienone is 3. The highest BCUT2D eigenvalue weighted by Crippen LogP contribution is 2.36. The molecule has 1 aromatic carbocycles.